The van der Waals surface area contributed by atoms with Gasteiger partial charge in [0.1, 0.15) is 5.82 Å². The van der Waals surface area contributed by atoms with Crippen LogP contribution < -0.4 is 10.6 Å². The highest BCUT2D eigenvalue weighted by atomic mass is 19.1. The highest BCUT2D eigenvalue weighted by molar-refractivity contribution is 6.02. The van der Waals surface area contributed by atoms with Gasteiger partial charge in [-0.25, -0.2) is 9.07 Å². The minimum Gasteiger partial charge on any atom is -0.318 e. The zero-order valence-corrected chi connectivity index (χ0v) is 12.3. The number of aryl methyl sites for hydroxylation is 1. The first-order valence-corrected chi connectivity index (χ1v) is 7.33. The second-order valence-corrected chi connectivity index (χ2v) is 5.50. The monoisotopic (exact) mass is 303 g/mol. The van der Waals surface area contributed by atoms with Gasteiger partial charge in [0.05, 0.1) is 17.9 Å². The van der Waals surface area contributed by atoms with Crippen LogP contribution in [0.25, 0.3) is 0 Å². The van der Waals surface area contributed by atoms with Crippen LogP contribution in [-0.2, 0) is 0 Å². The Morgan fingerprint density at radius 2 is 2.18 bits per heavy atom. The van der Waals surface area contributed by atoms with Crippen LogP contribution in [0.4, 0.5) is 10.1 Å². The van der Waals surface area contributed by atoms with Crippen molar-refractivity contribution in [1.29, 1.82) is 0 Å². The van der Waals surface area contributed by atoms with Gasteiger partial charge in [0.2, 0.25) is 0 Å². The molecular weight excluding hydrogens is 285 g/mol. The van der Waals surface area contributed by atoms with Crippen LogP contribution in [0.5, 0.6) is 0 Å². The van der Waals surface area contributed by atoms with Gasteiger partial charge < -0.3 is 10.6 Å². The molecule has 1 aliphatic rings. The fraction of sp³-hybridized carbons (Fsp3) is 0.400. The molecule has 1 fully saturated rings. The number of rotatable bonds is 3. The van der Waals surface area contributed by atoms with E-state index in [0.717, 1.165) is 31.5 Å². The number of hydrogen-bond acceptors (Lipinski definition) is 4. The molecular formula is C15H18FN5O. The normalized spacial score (nSPS) is 15.7. The first-order valence-electron chi connectivity index (χ1n) is 7.33. The van der Waals surface area contributed by atoms with E-state index >= 15 is 0 Å². The van der Waals surface area contributed by atoms with Crippen molar-refractivity contribution in [2.45, 2.75) is 25.8 Å². The number of hydrogen-bond donors (Lipinski definition) is 2. The molecule has 0 radical (unpaired) electrons. The number of aromatic nitrogens is 3. The van der Waals surface area contributed by atoms with Gasteiger partial charge in [-0.15, -0.1) is 5.10 Å². The second kappa shape index (κ2) is 6.23. The number of nitrogens with zero attached hydrogens (tertiary/aromatic N) is 3. The number of benzene rings is 1. The maximum absolute atomic E-state index is 13.8. The van der Waals surface area contributed by atoms with Crippen LogP contribution in [0.2, 0.25) is 0 Å². The zero-order valence-electron chi connectivity index (χ0n) is 12.3. The van der Waals surface area contributed by atoms with Crippen molar-refractivity contribution in [3.63, 3.8) is 0 Å². The number of piperidine rings is 1. The lowest BCUT2D eigenvalue weighted by atomic mass is 10.1. The summed E-state index contributed by atoms with van der Waals surface area (Å²) in [5.74, 6) is -0.915. The Hall–Kier alpha value is -2.28. The predicted molar refractivity (Wildman–Crippen MR) is 80.3 cm³/mol. The minimum absolute atomic E-state index is 0.145. The summed E-state index contributed by atoms with van der Waals surface area (Å²) < 4.78 is 15.5. The van der Waals surface area contributed by atoms with Crippen molar-refractivity contribution in [1.82, 2.24) is 20.3 Å². The van der Waals surface area contributed by atoms with Crippen LogP contribution in [0.15, 0.2) is 24.4 Å². The fourth-order valence-electron chi connectivity index (χ4n) is 2.54. The van der Waals surface area contributed by atoms with Crippen LogP contribution in [-0.4, -0.2) is 34.0 Å². The van der Waals surface area contributed by atoms with E-state index in [2.05, 4.69) is 20.9 Å². The molecule has 0 atom stereocenters. The van der Waals surface area contributed by atoms with Gasteiger partial charge in [-0.3, -0.25) is 4.79 Å². The molecule has 22 heavy (non-hydrogen) atoms. The number of anilines is 1. The van der Waals surface area contributed by atoms with Gasteiger partial charge in [-0.1, -0.05) is 11.3 Å². The third kappa shape index (κ3) is 3.14. The van der Waals surface area contributed by atoms with Gasteiger partial charge in [0.25, 0.3) is 5.91 Å². The molecule has 1 aliphatic heterocycles. The van der Waals surface area contributed by atoms with Gasteiger partial charge in [-0.2, -0.15) is 0 Å². The third-order valence-electron chi connectivity index (χ3n) is 3.80. The number of nitrogens with one attached hydrogen (secondary N) is 2. The van der Waals surface area contributed by atoms with Crippen molar-refractivity contribution in [2.75, 3.05) is 18.4 Å². The van der Waals surface area contributed by atoms with Gasteiger partial charge >= 0.3 is 0 Å². The molecule has 1 aromatic carbocycles. The first kappa shape index (κ1) is 14.6. The SMILES string of the molecule is Cc1ccc(NC(=O)c2cn(C3CCNCC3)nn2)c(F)c1. The third-order valence-corrected chi connectivity index (χ3v) is 3.80. The second-order valence-electron chi connectivity index (χ2n) is 5.50. The summed E-state index contributed by atoms with van der Waals surface area (Å²) in [6.45, 7) is 3.65. The topological polar surface area (TPSA) is 71.8 Å². The van der Waals surface area contributed by atoms with Gasteiger partial charge in [0, 0.05) is 0 Å². The number of halogens is 1. The zero-order chi connectivity index (χ0) is 15.5. The average molecular weight is 303 g/mol. The molecule has 1 aromatic heterocycles. The van der Waals surface area contributed by atoms with Crippen molar-refractivity contribution in [2.24, 2.45) is 0 Å². The Kier molecular flexibility index (Phi) is 4.15. The largest absolute Gasteiger partial charge is 0.318 e. The Balaban J connectivity index is 1.71. The molecule has 3 rings (SSSR count). The molecule has 0 aliphatic carbocycles. The molecule has 0 bridgehead atoms. The van der Waals surface area contributed by atoms with Crippen LogP contribution in [0, 0.1) is 12.7 Å². The summed E-state index contributed by atoms with van der Waals surface area (Å²) in [5.41, 5.74) is 1.14. The van der Waals surface area contributed by atoms with E-state index in [-0.39, 0.29) is 17.4 Å². The smallest absolute Gasteiger partial charge is 0.277 e. The summed E-state index contributed by atoms with van der Waals surface area (Å²) >= 11 is 0. The molecule has 2 aromatic rings. The molecule has 0 saturated carbocycles. The predicted octanol–water partition coefficient (Wildman–Crippen LogP) is 1.90. The van der Waals surface area contributed by atoms with Crippen molar-refractivity contribution in [3.05, 3.63) is 41.5 Å². The fourth-order valence-corrected chi connectivity index (χ4v) is 2.54. The summed E-state index contributed by atoms with van der Waals surface area (Å²) in [5, 5.41) is 13.7. The molecule has 2 N–H and O–H groups in total. The Bertz CT molecular complexity index is 678. The molecule has 0 spiro atoms. The summed E-state index contributed by atoms with van der Waals surface area (Å²) in [6, 6.07) is 4.91. The highest BCUT2D eigenvalue weighted by Crippen LogP contribution is 2.18. The maximum Gasteiger partial charge on any atom is 0.277 e. The number of amides is 1. The van der Waals surface area contributed by atoms with E-state index in [1.54, 1.807) is 29.9 Å². The van der Waals surface area contributed by atoms with Crippen LogP contribution in [0.3, 0.4) is 0 Å². The molecule has 1 saturated heterocycles. The van der Waals surface area contributed by atoms with Crippen molar-refractivity contribution < 1.29 is 9.18 Å². The van der Waals surface area contributed by atoms with E-state index in [9.17, 15) is 9.18 Å². The molecule has 0 unspecified atom stereocenters. The van der Waals surface area contributed by atoms with Crippen LogP contribution in [0.1, 0.15) is 34.9 Å². The Morgan fingerprint density at radius 3 is 2.91 bits per heavy atom. The lowest BCUT2D eigenvalue weighted by Crippen LogP contribution is -2.29. The summed E-state index contributed by atoms with van der Waals surface area (Å²) in [6.07, 6.45) is 3.53. The lowest BCUT2D eigenvalue weighted by molar-refractivity contribution is 0.102. The van der Waals surface area contributed by atoms with E-state index in [4.69, 9.17) is 0 Å². The van der Waals surface area contributed by atoms with Crippen LogP contribution >= 0.6 is 0 Å². The Labute approximate surface area is 127 Å². The molecule has 1 amide bonds. The molecule has 6 nitrogen and oxygen atoms in total. The van der Waals surface area contributed by atoms with Crippen molar-refractivity contribution in [3.8, 4) is 0 Å². The Morgan fingerprint density at radius 1 is 1.41 bits per heavy atom. The van der Waals surface area contributed by atoms with E-state index in [1.165, 1.54) is 6.07 Å². The van der Waals surface area contributed by atoms with E-state index in [1.807, 2.05) is 0 Å². The average Bonchev–Trinajstić information content (AvgIpc) is 3.01. The van der Waals surface area contributed by atoms with E-state index in [0.29, 0.717) is 0 Å². The van der Waals surface area contributed by atoms with Gasteiger partial charge in [0.15, 0.2) is 5.69 Å². The van der Waals surface area contributed by atoms with Gasteiger partial charge in [-0.05, 0) is 50.6 Å². The maximum atomic E-state index is 13.8. The number of carbonyl (C=O) groups excluding carboxylic acids is 1. The molecule has 2 heterocycles. The standard InChI is InChI=1S/C15H18FN5O/c1-10-2-3-13(12(16)8-10)18-15(22)14-9-21(20-19-14)11-4-6-17-7-5-11/h2-3,8-9,11,17H,4-7H2,1H3,(H,18,22). The molecule has 116 valence electrons. The minimum atomic E-state index is -0.459. The van der Waals surface area contributed by atoms with E-state index < -0.39 is 11.7 Å². The highest BCUT2D eigenvalue weighted by Gasteiger charge is 2.19. The quantitative estimate of drug-likeness (QED) is 0.908. The van der Waals surface area contributed by atoms with Crippen molar-refractivity contribution >= 4 is 11.6 Å². The first-order chi connectivity index (χ1) is 10.6. The molecule has 7 heteroatoms. The number of carbonyl (C=O) groups is 1. The summed E-state index contributed by atoms with van der Waals surface area (Å²) in [7, 11) is 0. The summed E-state index contributed by atoms with van der Waals surface area (Å²) in [4.78, 5) is 12.1. The lowest BCUT2D eigenvalue weighted by Gasteiger charge is -2.22.